The molecule has 8 heteroatoms. The molecular weight excluding hydrogens is 393 g/mol. The van der Waals surface area contributed by atoms with E-state index < -0.39 is 0 Å². The fourth-order valence-corrected chi connectivity index (χ4v) is 4.79. The molecule has 2 aromatic heterocycles. The lowest BCUT2D eigenvalue weighted by atomic mass is 10.0. The van der Waals surface area contributed by atoms with Crippen molar-refractivity contribution in [3.05, 3.63) is 41.8 Å². The molecule has 1 N–H and O–H groups in total. The van der Waals surface area contributed by atoms with Gasteiger partial charge in [0.2, 0.25) is 5.95 Å². The van der Waals surface area contributed by atoms with Crippen molar-refractivity contribution < 1.29 is 4.39 Å². The highest BCUT2D eigenvalue weighted by Crippen LogP contribution is 2.27. The molecule has 2 aliphatic rings. The number of hydrogen-bond acceptors (Lipinski definition) is 6. The van der Waals surface area contributed by atoms with Crippen molar-refractivity contribution in [2.24, 2.45) is 7.05 Å². The normalized spacial score (nSPS) is 18.6. The van der Waals surface area contributed by atoms with E-state index >= 15 is 0 Å². The van der Waals surface area contributed by atoms with E-state index in [1.54, 1.807) is 23.0 Å². The second kappa shape index (κ2) is 8.78. The summed E-state index contributed by atoms with van der Waals surface area (Å²) < 4.78 is 15.0. The zero-order chi connectivity index (χ0) is 21.2. The monoisotopic (exact) mass is 423 g/mol. The van der Waals surface area contributed by atoms with Crippen LogP contribution in [0.4, 0.5) is 16.2 Å². The van der Waals surface area contributed by atoms with Crippen LogP contribution in [0.2, 0.25) is 0 Å². The number of aryl methyl sites for hydroxylation is 1. The standard InChI is InChI=1S/C23H30FN7/c1-29-22-20(16-26-29)21(25-15-17-5-7-18(24)8-6-17)27-23(28-22)31-13-9-19(10-14-31)30-11-3-2-4-12-30/h5-8,16,19H,2-4,9-15H2,1H3,(H,25,27,28). The van der Waals surface area contributed by atoms with E-state index in [4.69, 9.17) is 9.97 Å². The molecule has 2 fully saturated rings. The number of halogens is 1. The molecule has 0 radical (unpaired) electrons. The van der Waals surface area contributed by atoms with Crippen LogP contribution in [0, 0.1) is 5.82 Å². The van der Waals surface area contributed by atoms with Crippen molar-refractivity contribution in [3.8, 4) is 0 Å². The Balaban J connectivity index is 1.33. The fourth-order valence-electron chi connectivity index (χ4n) is 4.79. The highest BCUT2D eigenvalue weighted by molar-refractivity contribution is 5.87. The Bertz CT molecular complexity index is 1020. The van der Waals surface area contributed by atoms with Crippen molar-refractivity contribution in [1.29, 1.82) is 0 Å². The molecule has 4 heterocycles. The number of nitrogens with zero attached hydrogens (tertiary/aromatic N) is 6. The third-order valence-corrected chi connectivity index (χ3v) is 6.61. The third kappa shape index (κ3) is 4.35. The maximum Gasteiger partial charge on any atom is 0.229 e. The first-order valence-electron chi connectivity index (χ1n) is 11.3. The molecule has 2 aliphatic heterocycles. The van der Waals surface area contributed by atoms with Gasteiger partial charge in [0.25, 0.3) is 0 Å². The number of benzene rings is 1. The van der Waals surface area contributed by atoms with Crippen LogP contribution in [0.15, 0.2) is 30.5 Å². The van der Waals surface area contributed by atoms with Gasteiger partial charge in [0.15, 0.2) is 5.65 Å². The van der Waals surface area contributed by atoms with Gasteiger partial charge < -0.3 is 15.1 Å². The average molecular weight is 424 g/mol. The predicted molar refractivity (Wildman–Crippen MR) is 121 cm³/mol. The Morgan fingerprint density at radius 1 is 1.00 bits per heavy atom. The lowest BCUT2D eigenvalue weighted by molar-refractivity contribution is 0.141. The summed E-state index contributed by atoms with van der Waals surface area (Å²) in [6, 6.07) is 7.23. The number of aromatic nitrogens is 4. The Hall–Kier alpha value is -2.74. The molecular formula is C23H30FN7. The summed E-state index contributed by atoms with van der Waals surface area (Å²) >= 11 is 0. The summed E-state index contributed by atoms with van der Waals surface area (Å²) in [5.41, 5.74) is 1.82. The number of piperidine rings is 2. The average Bonchev–Trinajstić information content (AvgIpc) is 3.20. The second-order valence-corrected chi connectivity index (χ2v) is 8.67. The van der Waals surface area contributed by atoms with Crippen LogP contribution < -0.4 is 10.2 Å². The van der Waals surface area contributed by atoms with Crippen LogP contribution in [-0.2, 0) is 13.6 Å². The van der Waals surface area contributed by atoms with E-state index in [1.165, 1.54) is 44.5 Å². The Labute approximate surface area is 182 Å². The van der Waals surface area contributed by atoms with Gasteiger partial charge in [-0.1, -0.05) is 18.6 Å². The van der Waals surface area contributed by atoms with Gasteiger partial charge in [0.1, 0.15) is 11.6 Å². The highest BCUT2D eigenvalue weighted by atomic mass is 19.1. The number of anilines is 2. The van der Waals surface area contributed by atoms with Gasteiger partial charge in [-0.2, -0.15) is 15.1 Å². The molecule has 0 amide bonds. The first kappa shape index (κ1) is 20.2. The maximum atomic E-state index is 13.2. The minimum absolute atomic E-state index is 0.226. The van der Waals surface area contributed by atoms with Gasteiger partial charge in [-0.3, -0.25) is 4.68 Å². The zero-order valence-corrected chi connectivity index (χ0v) is 18.1. The Morgan fingerprint density at radius 3 is 2.48 bits per heavy atom. The van der Waals surface area contributed by atoms with E-state index in [-0.39, 0.29) is 5.82 Å². The quantitative estimate of drug-likeness (QED) is 0.677. The zero-order valence-electron chi connectivity index (χ0n) is 18.1. The number of likely N-dealkylation sites (tertiary alicyclic amines) is 1. The van der Waals surface area contributed by atoms with Gasteiger partial charge in [0.05, 0.1) is 11.6 Å². The van der Waals surface area contributed by atoms with Gasteiger partial charge in [-0.05, 0) is 56.5 Å². The largest absolute Gasteiger partial charge is 0.365 e. The highest BCUT2D eigenvalue weighted by Gasteiger charge is 2.27. The predicted octanol–water partition coefficient (Wildman–Crippen LogP) is 3.57. The summed E-state index contributed by atoms with van der Waals surface area (Å²) in [4.78, 5) is 14.7. The lowest BCUT2D eigenvalue weighted by Crippen LogP contribution is -2.47. The number of hydrogen-bond donors (Lipinski definition) is 1. The third-order valence-electron chi connectivity index (χ3n) is 6.61. The molecule has 164 valence electrons. The van der Waals surface area contributed by atoms with Crippen LogP contribution in [-0.4, -0.2) is 56.9 Å². The molecule has 0 atom stereocenters. The van der Waals surface area contributed by atoms with E-state index in [9.17, 15) is 4.39 Å². The first-order chi connectivity index (χ1) is 15.2. The summed E-state index contributed by atoms with van der Waals surface area (Å²) in [5.74, 6) is 1.31. The topological polar surface area (TPSA) is 62.1 Å². The summed E-state index contributed by atoms with van der Waals surface area (Å²) in [6.45, 7) is 5.01. The van der Waals surface area contributed by atoms with Gasteiger partial charge in [0, 0.05) is 32.7 Å². The molecule has 7 nitrogen and oxygen atoms in total. The SMILES string of the molecule is Cn1ncc2c(NCc3ccc(F)cc3)nc(N3CCC(N4CCCCC4)CC3)nc21. The van der Waals surface area contributed by atoms with Crippen LogP contribution >= 0.6 is 0 Å². The number of fused-ring (bicyclic) bond motifs is 1. The molecule has 3 aromatic rings. The van der Waals surface area contributed by atoms with E-state index in [2.05, 4.69) is 20.2 Å². The fraction of sp³-hybridized carbons (Fsp3) is 0.522. The van der Waals surface area contributed by atoms with Crippen LogP contribution in [0.3, 0.4) is 0 Å². The van der Waals surface area contributed by atoms with E-state index in [0.717, 1.165) is 54.3 Å². The van der Waals surface area contributed by atoms with Gasteiger partial charge in [-0.25, -0.2) is 4.39 Å². The maximum absolute atomic E-state index is 13.2. The number of nitrogens with one attached hydrogen (secondary N) is 1. The van der Waals surface area contributed by atoms with Crippen LogP contribution in [0.1, 0.15) is 37.7 Å². The molecule has 0 bridgehead atoms. The van der Waals surface area contributed by atoms with Crippen LogP contribution in [0.5, 0.6) is 0 Å². The van der Waals surface area contributed by atoms with E-state index in [0.29, 0.717) is 12.6 Å². The van der Waals surface area contributed by atoms with Crippen molar-refractivity contribution in [3.63, 3.8) is 0 Å². The molecule has 0 unspecified atom stereocenters. The summed E-state index contributed by atoms with van der Waals surface area (Å²) in [7, 11) is 1.91. The minimum Gasteiger partial charge on any atom is -0.365 e. The molecule has 0 saturated carbocycles. The van der Waals surface area contributed by atoms with Gasteiger partial charge >= 0.3 is 0 Å². The van der Waals surface area contributed by atoms with Gasteiger partial charge in [-0.15, -0.1) is 0 Å². The van der Waals surface area contributed by atoms with Crippen molar-refractivity contribution >= 4 is 22.8 Å². The number of rotatable bonds is 5. The smallest absolute Gasteiger partial charge is 0.229 e. The Kier molecular flexibility index (Phi) is 5.72. The minimum atomic E-state index is -0.226. The summed E-state index contributed by atoms with van der Waals surface area (Å²) in [6.07, 6.45) is 8.17. The van der Waals surface area contributed by atoms with Crippen molar-refractivity contribution in [2.75, 3.05) is 36.4 Å². The van der Waals surface area contributed by atoms with Crippen molar-refractivity contribution in [1.82, 2.24) is 24.6 Å². The molecule has 5 rings (SSSR count). The molecule has 31 heavy (non-hydrogen) atoms. The second-order valence-electron chi connectivity index (χ2n) is 8.67. The summed E-state index contributed by atoms with van der Waals surface area (Å²) in [5, 5.41) is 8.70. The van der Waals surface area contributed by atoms with Crippen molar-refractivity contribution in [2.45, 2.75) is 44.7 Å². The molecule has 2 saturated heterocycles. The lowest BCUT2D eigenvalue weighted by Gasteiger charge is -2.40. The van der Waals surface area contributed by atoms with E-state index in [1.807, 2.05) is 7.05 Å². The molecule has 0 aliphatic carbocycles. The van der Waals surface area contributed by atoms with Crippen LogP contribution in [0.25, 0.3) is 11.0 Å². The first-order valence-corrected chi connectivity index (χ1v) is 11.3. The Morgan fingerprint density at radius 2 is 1.74 bits per heavy atom. The molecule has 1 aromatic carbocycles. The molecule has 0 spiro atoms.